The normalized spacial score (nSPS) is 15.2. The van der Waals surface area contributed by atoms with E-state index in [1.807, 2.05) is 0 Å². The molecule has 0 bridgehead atoms. The van der Waals surface area contributed by atoms with Crippen molar-refractivity contribution < 1.29 is 19.1 Å². The quantitative estimate of drug-likeness (QED) is 0.852. The lowest BCUT2D eigenvalue weighted by Crippen LogP contribution is -2.37. The van der Waals surface area contributed by atoms with E-state index in [0.717, 1.165) is 0 Å². The van der Waals surface area contributed by atoms with E-state index in [1.165, 1.54) is 12.1 Å². The SMILES string of the molecule is O=C(c1cccc(O)c1)N1CCCN(C(=O)c2ccc(Br)o2)CC1. The third-order valence-electron chi connectivity index (χ3n) is 3.95. The van der Waals surface area contributed by atoms with E-state index in [-0.39, 0.29) is 23.3 Å². The number of phenolic OH excluding ortho intramolecular Hbond substituents is 1. The fraction of sp³-hybridized carbons (Fsp3) is 0.294. The summed E-state index contributed by atoms with van der Waals surface area (Å²) in [5.41, 5.74) is 0.449. The van der Waals surface area contributed by atoms with E-state index in [1.54, 1.807) is 34.1 Å². The number of furan rings is 1. The number of rotatable bonds is 2. The average molecular weight is 393 g/mol. The van der Waals surface area contributed by atoms with E-state index in [0.29, 0.717) is 42.8 Å². The Kier molecular flexibility index (Phi) is 4.89. The van der Waals surface area contributed by atoms with Crippen molar-refractivity contribution in [2.24, 2.45) is 0 Å². The zero-order valence-electron chi connectivity index (χ0n) is 12.9. The second-order valence-corrected chi connectivity index (χ2v) is 6.37. The minimum Gasteiger partial charge on any atom is -0.508 e. The van der Waals surface area contributed by atoms with Gasteiger partial charge < -0.3 is 19.3 Å². The molecular weight excluding hydrogens is 376 g/mol. The topological polar surface area (TPSA) is 74.0 Å². The molecule has 1 aliphatic heterocycles. The van der Waals surface area contributed by atoms with Gasteiger partial charge >= 0.3 is 0 Å². The van der Waals surface area contributed by atoms with Crippen molar-refractivity contribution in [3.05, 3.63) is 52.4 Å². The summed E-state index contributed by atoms with van der Waals surface area (Å²) in [6.45, 7) is 2.03. The molecule has 2 amide bonds. The molecule has 0 spiro atoms. The van der Waals surface area contributed by atoms with Gasteiger partial charge in [0.25, 0.3) is 11.8 Å². The lowest BCUT2D eigenvalue weighted by Gasteiger charge is -2.21. The minimum absolute atomic E-state index is 0.0656. The molecule has 1 N–H and O–H groups in total. The van der Waals surface area contributed by atoms with Crippen LogP contribution in [-0.2, 0) is 0 Å². The van der Waals surface area contributed by atoms with Crippen LogP contribution in [0.1, 0.15) is 27.3 Å². The van der Waals surface area contributed by atoms with Gasteiger partial charge in [0.15, 0.2) is 10.4 Å². The molecule has 7 heteroatoms. The Hall–Kier alpha value is -2.28. The second kappa shape index (κ2) is 7.09. The van der Waals surface area contributed by atoms with Crippen molar-refractivity contribution in [1.82, 2.24) is 9.80 Å². The molecular formula is C17H17BrN2O4. The third-order valence-corrected chi connectivity index (χ3v) is 4.37. The summed E-state index contributed by atoms with van der Waals surface area (Å²) in [6, 6.07) is 9.62. The molecule has 126 valence electrons. The van der Waals surface area contributed by atoms with Gasteiger partial charge in [-0.3, -0.25) is 9.59 Å². The summed E-state index contributed by atoms with van der Waals surface area (Å²) in [6.07, 6.45) is 0.693. The number of halogens is 1. The molecule has 1 fully saturated rings. The predicted octanol–water partition coefficient (Wildman–Crippen LogP) is 2.74. The molecule has 0 radical (unpaired) electrons. The summed E-state index contributed by atoms with van der Waals surface area (Å²) in [4.78, 5) is 28.4. The Bertz CT molecular complexity index is 759. The minimum atomic E-state index is -0.174. The van der Waals surface area contributed by atoms with Gasteiger partial charge in [0.1, 0.15) is 5.75 Å². The lowest BCUT2D eigenvalue weighted by molar-refractivity contribution is 0.0699. The molecule has 1 aliphatic rings. The van der Waals surface area contributed by atoms with Crippen molar-refractivity contribution in [2.75, 3.05) is 26.2 Å². The standard InChI is InChI=1S/C17H17BrN2O4/c18-15-6-5-14(24-15)17(23)20-8-2-7-19(9-10-20)16(22)12-3-1-4-13(21)11-12/h1,3-6,11,21H,2,7-10H2. The number of phenols is 1. The average Bonchev–Trinajstić information content (AvgIpc) is 2.86. The summed E-state index contributed by atoms with van der Waals surface area (Å²) >= 11 is 3.19. The first-order valence-electron chi connectivity index (χ1n) is 7.67. The van der Waals surface area contributed by atoms with Crippen LogP contribution >= 0.6 is 15.9 Å². The van der Waals surface area contributed by atoms with Crippen LogP contribution in [0.2, 0.25) is 0 Å². The fourth-order valence-electron chi connectivity index (χ4n) is 2.73. The molecule has 6 nitrogen and oxygen atoms in total. The molecule has 0 unspecified atom stereocenters. The Morgan fingerprint density at radius 1 is 1.00 bits per heavy atom. The van der Waals surface area contributed by atoms with Crippen molar-refractivity contribution in [1.29, 1.82) is 0 Å². The van der Waals surface area contributed by atoms with Crippen molar-refractivity contribution >= 4 is 27.7 Å². The highest BCUT2D eigenvalue weighted by Gasteiger charge is 2.25. The van der Waals surface area contributed by atoms with Crippen LogP contribution < -0.4 is 0 Å². The number of nitrogens with zero attached hydrogens (tertiary/aromatic N) is 2. The number of hydrogen-bond acceptors (Lipinski definition) is 4. The highest BCUT2D eigenvalue weighted by molar-refractivity contribution is 9.10. The molecule has 2 heterocycles. The third kappa shape index (κ3) is 3.62. The maximum Gasteiger partial charge on any atom is 0.289 e. The van der Waals surface area contributed by atoms with Crippen molar-refractivity contribution in [2.45, 2.75) is 6.42 Å². The van der Waals surface area contributed by atoms with E-state index < -0.39 is 0 Å². The first-order valence-corrected chi connectivity index (χ1v) is 8.47. The van der Waals surface area contributed by atoms with Gasteiger partial charge in [-0.05, 0) is 52.7 Å². The molecule has 2 aromatic rings. The van der Waals surface area contributed by atoms with Crippen LogP contribution in [0, 0.1) is 0 Å². The van der Waals surface area contributed by atoms with Crippen LogP contribution in [-0.4, -0.2) is 52.9 Å². The molecule has 0 atom stereocenters. The Labute approximate surface area is 147 Å². The lowest BCUT2D eigenvalue weighted by atomic mass is 10.2. The molecule has 0 saturated carbocycles. The first-order chi connectivity index (χ1) is 11.5. The van der Waals surface area contributed by atoms with Gasteiger partial charge in [-0.15, -0.1) is 0 Å². The zero-order chi connectivity index (χ0) is 17.1. The van der Waals surface area contributed by atoms with Gasteiger partial charge in [0, 0.05) is 31.7 Å². The maximum atomic E-state index is 12.5. The molecule has 0 aliphatic carbocycles. The predicted molar refractivity (Wildman–Crippen MR) is 90.9 cm³/mol. The highest BCUT2D eigenvalue weighted by Crippen LogP contribution is 2.18. The van der Waals surface area contributed by atoms with Gasteiger partial charge in [0.05, 0.1) is 0 Å². The second-order valence-electron chi connectivity index (χ2n) is 5.59. The van der Waals surface area contributed by atoms with Gasteiger partial charge in [0.2, 0.25) is 0 Å². The Morgan fingerprint density at radius 3 is 2.33 bits per heavy atom. The first kappa shape index (κ1) is 16.6. The zero-order valence-corrected chi connectivity index (χ0v) is 14.5. The Morgan fingerprint density at radius 2 is 1.71 bits per heavy atom. The number of carbonyl (C=O) groups is 2. The monoisotopic (exact) mass is 392 g/mol. The summed E-state index contributed by atoms with van der Waals surface area (Å²) < 4.78 is 5.83. The van der Waals surface area contributed by atoms with Gasteiger partial charge in [-0.1, -0.05) is 6.07 Å². The summed E-state index contributed by atoms with van der Waals surface area (Å²) in [5, 5.41) is 9.52. The molecule has 24 heavy (non-hydrogen) atoms. The van der Waals surface area contributed by atoms with E-state index in [9.17, 15) is 14.7 Å². The van der Waals surface area contributed by atoms with Crippen molar-refractivity contribution in [3.8, 4) is 5.75 Å². The van der Waals surface area contributed by atoms with Crippen LogP contribution in [0.25, 0.3) is 0 Å². The van der Waals surface area contributed by atoms with Gasteiger partial charge in [-0.2, -0.15) is 0 Å². The number of carbonyl (C=O) groups excluding carboxylic acids is 2. The number of aromatic hydroxyl groups is 1. The smallest absolute Gasteiger partial charge is 0.289 e. The van der Waals surface area contributed by atoms with E-state index in [4.69, 9.17) is 4.42 Å². The van der Waals surface area contributed by atoms with Crippen LogP contribution in [0.4, 0.5) is 0 Å². The fourth-order valence-corrected chi connectivity index (χ4v) is 3.04. The number of amides is 2. The number of hydrogen-bond donors (Lipinski definition) is 1. The molecule has 1 saturated heterocycles. The summed E-state index contributed by atoms with van der Waals surface area (Å²) in [5.74, 6) is 0.0406. The maximum absolute atomic E-state index is 12.5. The van der Waals surface area contributed by atoms with Crippen LogP contribution in [0.15, 0.2) is 45.5 Å². The molecule has 1 aromatic heterocycles. The van der Waals surface area contributed by atoms with Crippen LogP contribution in [0.5, 0.6) is 5.75 Å². The van der Waals surface area contributed by atoms with E-state index in [2.05, 4.69) is 15.9 Å². The van der Waals surface area contributed by atoms with Gasteiger partial charge in [-0.25, -0.2) is 0 Å². The highest BCUT2D eigenvalue weighted by atomic mass is 79.9. The summed E-state index contributed by atoms with van der Waals surface area (Å²) in [7, 11) is 0. The van der Waals surface area contributed by atoms with Crippen LogP contribution in [0.3, 0.4) is 0 Å². The van der Waals surface area contributed by atoms with E-state index >= 15 is 0 Å². The van der Waals surface area contributed by atoms with Crippen molar-refractivity contribution in [3.63, 3.8) is 0 Å². The molecule has 3 rings (SSSR count). The molecule has 1 aromatic carbocycles. The largest absolute Gasteiger partial charge is 0.508 e. The Balaban J connectivity index is 1.66. The number of benzene rings is 1.